The van der Waals surface area contributed by atoms with Crippen LogP contribution in [0, 0.1) is 18.2 Å². The summed E-state index contributed by atoms with van der Waals surface area (Å²) >= 11 is 0. The molecule has 2 heterocycles. The third kappa shape index (κ3) is 5.06. The fourth-order valence-electron chi connectivity index (χ4n) is 6.05. The molecule has 41 heavy (non-hydrogen) atoms. The predicted molar refractivity (Wildman–Crippen MR) is 161 cm³/mol. The maximum Gasteiger partial charge on any atom is 0.253 e. The fourth-order valence-corrected chi connectivity index (χ4v) is 6.05. The van der Waals surface area contributed by atoms with Crippen LogP contribution in [-0.4, -0.2) is 39.2 Å². The van der Waals surface area contributed by atoms with Crippen molar-refractivity contribution < 1.29 is 9.18 Å². The van der Waals surface area contributed by atoms with Crippen molar-refractivity contribution in [2.45, 2.75) is 38.6 Å². The SMILES string of the molecule is Cc1cc(C(=O)N2CCC(c3nc4ccccc4n3C(C)c3ccccc3)CC2)ccc1C(=N)c1ccccc1F. The molecular weight excluding hydrogens is 511 g/mol. The number of carbonyl (C=O) groups excluding carboxylic acids is 1. The molecule has 4 aromatic carbocycles. The van der Waals surface area contributed by atoms with E-state index in [2.05, 4.69) is 54.0 Å². The largest absolute Gasteiger partial charge is 0.339 e. The van der Waals surface area contributed by atoms with E-state index >= 15 is 0 Å². The Balaban J connectivity index is 1.20. The Labute approximate surface area is 239 Å². The van der Waals surface area contributed by atoms with E-state index in [-0.39, 0.29) is 29.1 Å². The number of amides is 1. The Morgan fingerprint density at radius 3 is 2.32 bits per heavy atom. The third-order valence-electron chi connectivity index (χ3n) is 8.33. The van der Waals surface area contributed by atoms with Crippen molar-refractivity contribution >= 4 is 22.7 Å². The molecule has 1 saturated heterocycles. The summed E-state index contributed by atoms with van der Waals surface area (Å²) in [5.74, 6) is 0.901. The van der Waals surface area contributed by atoms with Crippen LogP contribution in [0.5, 0.6) is 0 Å². The summed E-state index contributed by atoms with van der Waals surface area (Å²) in [5.41, 5.74) is 5.74. The quantitative estimate of drug-likeness (QED) is 0.225. The number of likely N-dealkylation sites (tertiary alicyclic amines) is 1. The number of rotatable bonds is 6. The first kappa shape index (κ1) is 26.6. The van der Waals surface area contributed by atoms with E-state index in [1.165, 1.54) is 11.6 Å². The van der Waals surface area contributed by atoms with Gasteiger partial charge < -0.3 is 9.47 Å². The molecule has 1 unspecified atom stereocenters. The lowest BCUT2D eigenvalue weighted by Crippen LogP contribution is -2.38. The second-order valence-corrected chi connectivity index (χ2v) is 10.9. The van der Waals surface area contributed by atoms with E-state index in [1.807, 2.05) is 30.0 Å². The number of aryl methyl sites for hydroxylation is 1. The molecule has 0 saturated carbocycles. The number of nitrogens with zero attached hydrogens (tertiary/aromatic N) is 3. The van der Waals surface area contributed by atoms with Crippen LogP contribution in [0.2, 0.25) is 0 Å². The molecule has 6 heteroatoms. The molecule has 0 bridgehead atoms. The molecule has 1 amide bonds. The number of piperidine rings is 1. The summed E-state index contributed by atoms with van der Waals surface area (Å²) in [6, 6.07) is 30.6. The Morgan fingerprint density at radius 1 is 0.902 bits per heavy atom. The Hall–Kier alpha value is -4.58. The predicted octanol–water partition coefficient (Wildman–Crippen LogP) is 7.53. The average Bonchev–Trinajstić information content (AvgIpc) is 3.40. The monoisotopic (exact) mass is 544 g/mol. The van der Waals surface area contributed by atoms with Crippen LogP contribution in [0.4, 0.5) is 4.39 Å². The van der Waals surface area contributed by atoms with Crippen LogP contribution < -0.4 is 0 Å². The van der Waals surface area contributed by atoms with Crippen molar-refractivity contribution in [3.8, 4) is 0 Å². The van der Waals surface area contributed by atoms with E-state index in [0.717, 1.165) is 35.3 Å². The van der Waals surface area contributed by atoms with Crippen LogP contribution in [0.3, 0.4) is 0 Å². The maximum absolute atomic E-state index is 14.3. The fraction of sp³-hybridized carbons (Fsp3) is 0.229. The summed E-state index contributed by atoms with van der Waals surface area (Å²) in [5, 5.41) is 8.53. The van der Waals surface area contributed by atoms with Gasteiger partial charge in [0.2, 0.25) is 0 Å². The number of carbonyl (C=O) groups is 1. The summed E-state index contributed by atoms with van der Waals surface area (Å²) < 4.78 is 16.6. The minimum Gasteiger partial charge on any atom is -0.339 e. The maximum atomic E-state index is 14.3. The number of nitrogens with one attached hydrogen (secondary N) is 1. The Bertz CT molecular complexity index is 1730. The lowest BCUT2D eigenvalue weighted by molar-refractivity contribution is 0.0710. The van der Waals surface area contributed by atoms with Crippen molar-refractivity contribution in [3.05, 3.63) is 137 Å². The van der Waals surface area contributed by atoms with E-state index in [4.69, 9.17) is 10.4 Å². The molecule has 1 aromatic heterocycles. The summed E-state index contributed by atoms with van der Waals surface area (Å²) in [6.45, 7) is 5.39. The first-order valence-corrected chi connectivity index (χ1v) is 14.2. The molecule has 0 radical (unpaired) electrons. The molecule has 5 aromatic rings. The van der Waals surface area contributed by atoms with E-state index < -0.39 is 5.82 Å². The first-order chi connectivity index (χ1) is 19.9. The molecular formula is C35H33FN4O. The minimum atomic E-state index is -0.424. The number of fused-ring (bicyclic) bond motifs is 1. The highest BCUT2D eigenvalue weighted by Crippen LogP contribution is 2.34. The molecule has 1 atom stereocenters. The second kappa shape index (κ2) is 11.1. The molecule has 5 nitrogen and oxygen atoms in total. The van der Waals surface area contributed by atoms with Gasteiger partial charge in [-0.15, -0.1) is 0 Å². The highest BCUT2D eigenvalue weighted by atomic mass is 19.1. The second-order valence-electron chi connectivity index (χ2n) is 10.9. The highest BCUT2D eigenvalue weighted by Gasteiger charge is 2.30. The van der Waals surface area contributed by atoms with Crippen molar-refractivity contribution in [2.24, 2.45) is 0 Å². The summed E-state index contributed by atoms with van der Waals surface area (Å²) in [4.78, 5) is 20.5. The summed E-state index contributed by atoms with van der Waals surface area (Å²) in [7, 11) is 0. The zero-order valence-electron chi connectivity index (χ0n) is 23.3. The van der Waals surface area contributed by atoms with Gasteiger partial charge in [-0.3, -0.25) is 10.2 Å². The minimum absolute atomic E-state index is 0.0123. The number of halogens is 1. The Kier molecular flexibility index (Phi) is 7.23. The summed E-state index contributed by atoms with van der Waals surface area (Å²) in [6.07, 6.45) is 1.68. The molecule has 1 fully saturated rings. The first-order valence-electron chi connectivity index (χ1n) is 14.2. The number of hydrogen-bond acceptors (Lipinski definition) is 3. The van der Waals surface area contributed by atoms with E-state index in [9.17, 15) is 9.18 Å². The van der Waals surface area contributed by atoms with Gasteiger partial charge in [-0.05, 0) is 74.2 Å². The van der Waals surface area contributed by atoms with Gasteiger partial charge >= 0.3 is 0 Å². The van der Waals surface area contributed by atoms with Gasteiger partial charge in [0.15, 0.2) is 0 Å². The molecule has 0 spiro atoms. The van der Waals surface area contributed by atoms with Crippen LogP contribution in [0.25, 0.3) is 11.0 Å². The zero-order chi connectivity index (χ0) is 28.5. The van der Waals surface area contributed by atoms with Gasteiger partial charge in [0.25, 0.3) is 5.91 Å². The Morgan fingerprint density at radius 2 is 1.59 bits per heavy atom. The smallest absolute Gasteiger partial charge is 0.253 e. The van der Waals surface area contributed by atoms with Gasteiger partial charge in [-0.25, -0.2) is 9.37 Å². The van der Waals surface area contributed by atoms with E-state index in [1.54, 1.807) is 30.3 Å². The number of para-hydroxylation sites is 2. The van der Waals surface area contributed by atoms with Crippen LogP contribution >= 0.6 is 0 Å². The number of hydrogen-bond donors (Lipinski definition) is 1. The van der Waals surface area contributed by atoms with Crippen molar-refractivity contribution in [1.29, 1.82) is 5.41 Å². The van der Waals surface area contributed by atoms with Crippen LogP contribution in [-0.2, 0) is 0 Å². The van der Waals surface area contributed by atoms with Gasteiger partial charge in [-0.2, -0.15) is 0 Å². The number of imidazole rings is 1. The van der Waals surface area contributed by atoms with Crippen molar-refractivity contribution in [3.63, 3.8) is 0 Å². The number of aromatic nitrogens is 2. The molecule has 1 aliphatic rings. The van der Waals surface area contributed by atoms with Gasteiger partial charge in [0.05, 0.1) is 22.8 Å². The molecule has 206 valence electrons. The highest BCUT2D eigenvalue weighted by molar-refractivity contribution is 6.12. The van der Waals surface area contributed by atoms with Crippen molar-refractivity contribution in [1.82, 2.24) is 14.5 Å². The van der Waals surface area contributed by atoms with E-state index in [0.29, 0.717) is 24.2 Å². The molecule has 1 N–H and O–H groups in total. The average molecular weight is 545 g/mol. The topological polar surface area (TPSA) is 62.0 Å². The molecule has 6 rings (SSSR count). The lowest BCUT2D eigenvalue weighted by Gasteiger charge is -2.33. The van der Waals surface area contributed by atoms with Gasteiger partial charge in [0, 0.05) is 35.7 Å². The van der Waals surface area contributed by atoms with Crippen LogP contribution in [0.1, 0.15) is 70.2 Å². The third-order valence-corrected chi connectivity index (χ3v) is 8.33. The van der Waals surface area contributed by atoms with Gasteiger partial charge in [0.1, 0.15) is 11.6 Å². The normalized spacial score (nSPS) is 14.8. The molecule has 0 aliphatic carbocycles. The van der Waals surface area contributed by atoms with Crippen molar-refractivity contribution in [2.75, 3.05) is 13.1 Å². The van der Waals surface area contributed by atoms with Gasteiger partial charge in [-0.1, -0.05) is 60.7 Å². The number of benzene rings is 4. The molecule has 1 aliphatic heterocycles. The lowest BCUT2D eigenvalue weighted by atomic mass is 9.93. The zero-order valence-corrected chi connectivity index (χ0v) is 23.3. The standard InChI is InChI=1S/C35H33FN4O/c1-23-22-27(16-17-28(23)33(37)29-12-6-7-13-30(29)36)35(41)39-20-18-26(19-21-39)34-38-31-14-8-9-15-32(31)40(34)24(2)25-10-4-3-5-11-25/h3-17,22,24,26,37H,18-21H2,1-2H3. The van der Waals surface area contributed by atoms with Crippen LogP contribution in [0.15, 0.2) is 97.1 Å².